The highest BCUT2D eigenvalue weighted by atomic mass is 16.5. The molecule has 0 aliphatic heterocycles. The number of hydrogen-bond acceptors (Lipinski definition) is 4. The minimum atomic E-state index is -0.100. The average molecular weight is 270 g/mol. The molecule has 0 atom stereocenters. The van der Waals surface area contributed by atoms with E-state index in [9.17, 15) is 4.79 Å². The van der Waals surface area contributed by atoms with E-state index in [0.29, 0.717) is 33.9 Å². The molecule has 1 aromatic carbocycles. The first-order valence-corrected chi connectivity index (χ1v) is 6.21. The Kier molecular flexibility index (Phi) is 2.82. The molecule has 0 radical (unpaired) electrons. The van der Waals surface area contributed by atoms with Gasteiger partial charge in [0.15, 0.2) is 0 Å². The summed E-state index contributed by atoms with van der Waals surface area (Å²) in [4.78, 5) is 16.9. The first-order valence-electron chi connectivity index (χ1n) is 6.21. The molecule has 0 amide bonds. The maximum atomic E-state index is 12.7. The summed E-state index contributed by atoms with van der Waals surface area (Å²) in [5, 5.41) is 0.493. The van der Waals surface area contributed by atoms with E-state index in [1.165, 1.54) is 0 Å². The quantitative estimate of drug-likeness (QED) is 0.718. The van der Waals surface area contributed by atoms with Gasteiger partial charge in [0.05, 0.1) is 12.5 Å². The third-order valence-corrected chi connectivity index (χ3v) is 3.32. The normalized spacial score (nSPS) is 10.9. The predicted molar refractivity (Wildman–Crippen MR) is 76.0 cm³/mol. The lowest BCUT2D eigenvalue weighted by Crippen LogP contribution is -2.10. The second-order valence-corrected chi connectivity index (χ2v) is 4.59. The Labute approximate surface area is 115 Å². The van der Waals surface area contributed by atoms with E-state index in [0.717, 1.165) is 0 Å². The van der Waals surface area contributed by atoms with Crippen molar-refractivity contribution in [3.05, 3.63) is 46.6 Å². The highest BCUT2D eigenvalue weighted by molar-refractivity contribution is 5.82. The minimum Gasteiger partial charge on any atom is -0.497 e. The van der Waals surface area contributed by atoms with E-state index in [1.54, 1.807) is 49.2 Å². The fourth-order valence-corrected chi connectivity index (χ4v) is 2.28. The fourth-order valence-electron chi connectivity index (χ4n) is 2.28. The van der Waals surface area contributed by atoms with Crippen molar-refractivity contribution in [3.63, 3.8) is 0 Å². The molecule has 0 N–H and O–H groups in total. The van der Waals surface area contributed by atoms with E-state index < -0.39 is 0 Å². The van der Waals surface area contributed by atoms with Gasteiger partial charge < -0.3 is 13.7 Å². The van der Waals surface area contributed by atoms with Crippen molar-refractivity contribution < 1.29 is 9.15 Å². The first-order chi connectivity index (χ1) is 9.61. The van der Waals surface area contributed by atoms with Crippen LogP contribution in [0.15, 0.2) is 39.8 Å². The fraction of sp³-hybridized carbons (Fsp3) is 0.200. The Hall–Kier alpha value is -2.56. The van der Waals surface area contributed by atoms with Crippen molar-refractivity contribution >= 4 is 11.0 Å². The van der Waals surface area contributed by atoms with E-state index >= 15 is 0 Å². The number of fused-ring (bicyclic) bond motifs is 1. The number of ether oxygens (including phenoxy) is 1. The average Bonchev–Trinajstić information content (AvgIpc) is 2.85. The lowest BCUT2D eigenvalue weighted by molar-refractivity contribution is 0.415. The third-order valence-electron chi connectivity index (χ3n) is 3.32. The number of rotatable bonds is 2. The van der Waals surface area contributed by atoms with Crippen LogP contribution in [0.25, 0.3) is 22.4 Å². The summed E-state index contributed by atoms with van der Waals surface area (Å²) < 4.78 is 12.7. The smallest absolute Gasteiger partial charge is 0.204 e. The first kappa shape index (κ1) is 12.5. The molecular formula is C15H14N2O3. The van der Waals surface area contributed by atoms with E-state index in [2.05, 4.69) is 4.98 Å². The molecule has 5 nitrogen and oxygen atoms in total. The van der Waals surface area contributed by atoms with Crippen molar-refractivity contribution in [2.75, 3.05) is 7.11 Å². The van der Waals surface area contributed by atoms with E-state index in [-0.39, 0.29) is 5.43 Å². The molecule has 2 aromatic heterocycles. The summed E-state index contributed by atoms with van der Waals surface area (Å²) in [6.45, 7) is 1.77. The molecule has 3 aromatic rings. The molecule has 0 saturated carbocycles. The zero-order valence-electron chi connectivity index (χ0n) is 11.5. The largest absolute Gasteiger partial charge is 0.497 e. The Morgan fingerprint density at radius 1 is 1.35 bits per heavy atom. The lowest BCUT2D eigenvalue weighted by atomic mass is 10.1. The molecule has 20 heavy (non-hydrogen) atoms. The highest BCUT2D eigenvalue weighted by Crippen LogP contribution is 2.24. The van der Waals surface area contributed by atoms with Crippen LogP contribution in [-0.4, -0.2) is 16.7 Å². The topological polar surface area (TPSA) is 57.3 Å². The minimum absolute atomic E-state index is 0.100. The Balaban J connectivity index is 2.39. The van der Waals surface area contributed by atoms with Crippen molar-refractivity contribution in [2.24, 2.45) is 7.05 Å². The number of imidazole rings is 1. The van der Waals surface area contributed by atoms with Gasteiger partial charge in [-0.25, -0.2) is 4.98 Å². The SMILES string of the molecule is COc1ccc2oc(C)c(-c3nccn3C)c(=O)c2c1. The number of benzene rings is 1. The van der Waals surface area contributed by atoms with Crippen LogP contribution in [-0.2, 0) is 7.05 Å². The van der Waals surface area contributed by atoms with Gasteiger partial charge in [0.1, 0.15) is 28.5 Å². The van der Waals surface area contributed by atoms with Gasteiger partial charge in [0.2, 0.25) is 5.43 Å². The van der Waals surface area contributed by atoms with Gasteiger partial charge in [-0.2, -0.15) is 0 Å². The lowest BCUT2D eigenvalue weighted by Gasteiger charge is -2.07. The molecule has 102 valence electrons. The van der Waals surface area contributed by atoms with Crippen molar-refractivity contribution in [2.45, 2.75) is 6.92 Å². The van der Waals surface area contributed by atoms with Gasteiger partial charge >= 0.3 is 0 Å². The molecular weight excluding hydrogens is 256 g/mol. The number of nitrogens with zero attached hydrogens (tertiary/aromatic N) is 2. The molecule has 0 fully saturated rings. The van der Waals surface area contributed by atoms with Crippen molar-refractivity contribution in [1.29, 1.82) is 0 Å². The van der Waals surface area contributed by atoms with Crippen LogP contribution in [0.4, 0.5) is 0 Å². The molecule has 0 unspecified atom stereocenters. The van der Waals surface area contributed by atoms with Crippen LogP contribution in [0, 0.1) is 6.92 Å². The Morgan fingerprint density at radius 3 is 2.80 bits per heavy atom. The molecule has 0 aliphatic carbocycles. The van der Waals surface area contributed by atoms with Crippen molar-refractivity contribution in [3.8, 4) is 17.1 Å². The standard InChI is InChI=1S/C15H14N2O3/c1-9-13(15-16-6-7-17(15)2)14(18)11-8-10(19-3)4-5-12(11)20-9/h4-8H,1-3H3. The molecule has 0 aliphatic rings. The highest BCUT2D eigenvalue weighted by Gasteiger charge is 2.17. The number of aryl methyl sites for hydroxylation is 2. The molecule has 3 rings (SSSR count). The summed E-state index contributed by atoms with van der Waals surface area (Å²) in [5.74, 6) is 1.78. The summed E-state index contributed by atoms with van der Waals surface area (Å²) in [6, 6.07) is 5.20. The van der Waals surface area contributed by atoms with Gasteiger partial charge in [0, 0.05) is 19.4 Å². The summed E-state index contributed by atoms with van der Waals surface area (Å²) in [7, 11) is 3.41. The Morgan fingerprint density at radius 2 is 2.15 bits per heavy atom. The zero-order chi connectivity index (χ0) is 14.3. The van der Waals surface area contributed by atoms with Crippen molar-refractivity contribution in [1.82, 2.24) is 9.55 Å². The van der Waals surface area contributed by atoms with Gasteiger partial charge in [0.25, 0.3) is 0 Å². The van der Waals surface area contributed by atoms with Gasteiger partial charge in [-0.1, -0.05) is 0 Å². The molecule has 5 heteroatoms. The van der Waals surface area contributed by atoms with Crippen LogP contribution in [0.2, 0.25) is 0 Å². The predicted octanol–water partition coefficient (Wildman–Crippen LogP) is 2.51. The van der Waals surface area contributed by atoms with Gasteiger partial charge in [-0.15, -0.1) is 0 Å². The molecule has 2 heterocycles. The maximum absolute atomic E-state index is 12.7. The van der Waals surface area contributed by atoms with Gasteiger partial charge in [-0.3, -0.25) is 4.79 Å². The zero-order valence-corrected chi connectivity index (χ0v) is 11.5. The van der Waals surface area contributed by atoms with Gasteiger partial charge in [-0.05, 0) is 25.1 Å². The molecule has 0 saturated heterocycles. The van der Waals surface area contributed by atoms with Crippen LogP contribution in [0.5, 0.6) is 5.75 Å². The third kappa shape index (κ3) is 1.79. The second kappa shape index (κ2) is 4.52. The second-order valence-electron chi connectivity index (χ2n) is 4.59. The molecule has 0 bridgehead atoms. The number of methoxy groups -OCH3 is 1. The van der Waals surface area contributed by atoms with E-state index in [4.69, 9.17) is 9.15 Å². The molecule has 0 spiro atoms. The number of aromatic nitrogens is 2. The van der Waals surface area contributed by atoms with E-state index in [1.807, 2.05) is 7.05 Å². The monoisotopic (exact) mass is 270 g/mol. The van der Waals surface area contributed by atoms with Crippen LogP contribution >= 0.6 is 0 Å². The van der Waals surface area contributed by atoms with Crippen LogP contribution in [0.1, 0.15) is 5.76 Å². The summed E-state index contributed by atoms with van der Waals surface area (Å²) in [5.41, 5.74) is 0.932. The van der Waals surface area contributed by atoms with Crippen LogP contribution in [0.3, 0.4) is 0 Å². The summed E-state index contributed by atoms with van der Waals surface area (Å²) >= 11 is 0. The summed E-state index contributed by atoms with van der Waals surface area (Å²) in [6.07, 6.45) is 3.45. The van der Waals surface area contributed by atoms with Crippen LogP contribution < -0.4 is 10.2 Å². The maximum Gasteiger partial charge on any atom is 0.204 e. The Bertz CT molecular complexity index is 846. The number of hydrogen-bond donors (Lipinski definition) is 0.